The van der Waals surface area contributed by atoms with E-state index in [4.69, 9.17) is 23.8 Å². The Hall–Kier alpha value is -2.10. The Bertz CT molecular complexity index is 751. The molecule has 0 aliphatic carbocycles. The van der Waals surface area contributed by atoms with Gasteiger partial charge in [0.05, 0.1) is 6.34 Å². The van der Waals surface area contributed by atoms with E-state index in [2.05, 4.69) is 26.9 Å². The van der Waals surface area contributed by atoms with Crippen molar-refractivity contribution >= 4 is 40.8 Å². The SMILES string of the molecule is C/C(=C(\C#N)C(=S)N=CN(C)C)N1CCCN(c2cccc(Cl)c2)CC1. The van der Waals surface area contributed by atoms with Gasteiger partial charge in [-0.25, -0.2) is 4.99 Å². The minimum Gasteiger partial charge on any atom is -0.372 e. The van der Waals surface area contributed by atoms with Crippen LogP contribution in [0.3, 0.4) is 0 Å². The smallest absolute Gasteiger partial charge is 0.147 e. The quantitative estimate of drug-likeness (QED) is 0.259. The van der Waals surface area contributed by atoms with Crippen LogP contribution in [-0.4, -0.2) is 61.4 Å². The van der Waals surface area contributed by atoms with E-state index in [-0.39, 0.29) is 0 Å². The zero-order valence-electron chi connectivity index (χ0n) is 15.4. The van der Waals surface area contributed by atoms with Gasteiger partial charge in [0.2, 0.25) is 0 Å². The van der Waals surface area contributed by atoms with E-state index in [0.717, 1.165) is 49.0 Å². The highest BCUT2D eigenvalue weighted by molar-refractivity contribution is 7.80. The largest absolute Gasteiger partial charge is 0.372 e. The molecule has 1 fully saturated rings. The summed E-state index contributed by atoms with van der Waals surface area (Å²) in [6, 6.07) is 10.2. The number of allylic oxidation sites excluding steroid dienone is 1. The summed E-state index contributed by atoms with van der Waals surface area (Å²) in [5.74, 6) is 0. The van der Waals surface area contributed by atoms with Gasteiger partial charge in [-0.15, -0.1) is 0 Å². The summed E-state index contributed by atoms with van der Waals surface area (Å²) in [5.41, 5.74) is 2.49. The van der Waals surface area contributed by atoms with Crippen molar-refractivity contribution < 1.29 is 0 Å². The lowest BCUT2D eigenvalue weighted by atomic mass is 10.2. The number of aliphatic imine (C=N–C) groups is 1. The van der Waals surface area contributed by atoms with Crippen molar-refractivity contribution in [2.45, 2.75) is 13.3 Å². The molecule has 0 radical (unpaired) electrons. The summed E-state index contributed by atoms with van der Waals surface area (Å²) in [7, 11) is 3.74. The van der Waals surface area contributed by atoms with E-state index in [1.165, 1.54) is 0 Å². The second-order valence-corrected chi connectivity index (χ2v) is 7.22. The van der Waals surface area contributed by atoms with Crippen LogP contribution in [0.25, 0.3) is 0 Å². The molecule has 0 aromatic heterocycles. The molecule has 1 saturated heterocycles. The van der Waals surface area contributed by atoms with Crippen LogP contribution < -0.4 is 4.90 Å². The number of anilines is 1. The van der Waals surface area contributed by atoms with Gasteiger partial charge in [-0.3, -0.25) is 0 Å². The Kier molecular flexibility index (Phi) is 7.43. The number of nitriles is 1. The molecule has 7 heteroatoms. The van der Waals surface area contributed by atoms with Crippen molar-refractivity contribution in [2.24, 2.45) is 4.99 Å². The minimum atomic E-state index is 0.328. The first-order valence-electron chi connectivity index (χ1n) is 8.53. The number of nitrogens with zero attached hydrogens (tertiary/aromatic N) is 5. The van der Waals surface area contributed by atoms with Crippen molar-refractivity contribution in [3.8, 4) is 6.07 Å². The number of thiocarbonyl (C=S) groups is 1. The zero-order valence-corrected chi connectivity index (χ0v) is 17.0. The van der Waals surface area contributed by atoms with Crippen molar-refractivity contribution in [1.29, 1.82) is 5.26 Å². The molecule has 0 amide bonds. The lowest BCUT2D eigenvalue weighted by molar-refractivity contribution is 0.369. The van der Waals surface area contributed by atoms with Crippen LogP contribution >= 0.6 is 23.8 Å². The van der Waals surface area contributed by atoms with Crippen molar-refractivity contribution in [3.05, 3.63) is 40.6 Å². The van der Waals surface area contributed by atoms with Gasteiger partial charge in [-0.05, 0) is 31.5 Å². The molecule has 1 aliphatic rings. The lowest BCUT2D eigenvalue weighted by Gasteiger charge is -2.26. The van der Waals surface area contributed by atoms with Gasteiger partial charge < -0.3 is 14.7 Å². The number of halogens is 1. The molecule has 26 heavy (non-hydrogen) atoms. The second-order valence-electron chi connectivity index (χ2n) is 6.39. The molecule has 0 spiro atoms. The summed E-state index contributed by atoms with van der Waals surface area (Å²) in [4.78, 5) is 10.9. The minimum absolute atomic E-state index is 0.328. The summed E-state index contributed by atoms with van der Waals surface area (Å²) in [5, 5.41) is 10.3. The molecule has 0 N–H and O–H groups in total. The van der Waals surface area contributed by atoms with Crippen molar-refractivity contribution in [2.75, 3.05) is 45.2 Å². The van der Waals surface area contributed by atoms with Gasteiger partial charge >= 0.3 is 0 Å². The van der Waals surface area contributed by atoms with E-state index in [1.807, 2.05) is 39.2 Å². The molecule has 0 bridgehead atoms. The highest BCUT2D eigenvalue weighted by Gasteiger charge is 2.19. The van der Waals surface area contributed by atoms with E-state index in [9.17, 15) is 5.26 Å². The van der Waals surface area contributed by atoms with Crippen LogP contribution in [0.1, 0.15) is 13.3 Å². The third-order valence-electron chi connectivity index (χ3n) is 4.24. The van der Waals surface area contributed by atoms with Gasteiger partial charge in [0, 0.05) is 56.7 Å². The Labute approximate surface area is 166 Å². The Morgan fingerprint density at radius 3 is 2.73 bits per heavy atom. The molecule has 138 valence electrons. The average molecular weight is 390 g/mol. The second kappa shape index (κ2) is 9.56. The zero-order chi connectivity index (χ0) is 19.1. The van der Waals surface area contributed by atoms with E-state index in [0.29, 0.717) is 10.6 Å². The molecule has 5 nitrogen and oxygen atoms in total. The maximum Gasteiger partial charge on any atom is 0.147 e. The maximum absolute atomic E-state index is 9.56. The predicted molar refractivity (Wildman–Crippen MR) is 113 cm³/mol. The fourth-order valence-electron chi connectivity index (χ4n) is 2.86. The van der Waals surface area contributed by atoms with Gasteiger partial charge in [-0.1, -0.05) is 29.9 Å². The van der Waals surface area contributed by atoms with Gasteiger partial charge in [0.1, 0.15) is 16.6 Å². The fraction of sp³-hybridized carbons (Fsp3) is 0.421. The third-order valence-corrected chi connectivity index (χ3v) is 4.78. The third kappa shape index (κ3) is 5.45. The van der Waals surface area contributed by atoms with Gasteiger partial charge in [-0.2, -0.15) is 5.26 Å². The van der Waals surface area contributed by atoms with Crippen LogP contribution in [-0.2, 0) is 0 Å². The van der Waals surface area contributed by atoms with Crippen LogP contribution in [0.15, 0.2) is 40.5 Å². The Balaban J connectivity index is 2.13. The standard InChI is InChI=1S/C19H24ClN5S/c1-15(18(13-21)19(26)22-14-23(2)3)24-8-5-9-25(11-10-24)17-7-4-6-16(20)12-17/h4,6-7,12,14H,5,8-11H2,1-3H3/b18-15-,22-14?. The summed E-state index contributed by atoms with van der Waals surface area (Å²) in [6.45, 7) is 5.47. The Morgan fingerprint density at radius 1 is 1.31 bits per heavy atom. The molecule has 1 aromatic carbocycles. The number of hydrogen-bond donors (Lipinski definition) is 0. The van der Waals surface area contributed by atoms with E-state index >= 15 is 0 Å². The monoisotopic (exact) mass is 389 g/mol. The first-order valence-corrected chi connectivity index (χ1v) is 9.32. The summed E-state index contributed by atoms with van der Waals surface area (Å²) in [6.07, 6.45) is 2.62. The van der Waals surface area contributed by atoms with Crippen molar-refractivity contribution in [1.82, 2.24) is 9.80 Å². The van der Waals surface area contributed by atoms with Crippen LogP contribution in [0.5, 0.6) is 0 Å². The predicted octanol–water partition coefficient (Wildman–Crippen LogP) is 3.57. The molecule has 1 aromatic rings. The maximum atomic E-state index is 9.56. The van der Waals surface area contributed by atoms with Crippen LogP contribution in [0.4, 0.5) is 5.69 Å². The molecule has 0 saturated carbocycles. The van der Waals surface area contributed by atoms with Crippen LogP contribution in [0, 0.1) is 11.3 Å². The normalized spacial score (nSPS) is 16.1. The topological polar surface area (TPSA) is 45.9 Å². The number of hydrogen-bond acceptors (Lipinski definition) is 4. The number of rotatable bonds is 4. The molecule has 2 rings (SSSR count). The van der Waals surface area contributed by atoms with E-state index < -0.39 is 0 Å². The number of benzene rings is 1. The van der Waals surface area contributed by atoms with Crippen molar-refractivity contribution in [3.63, 3.8) is 0 Å². The molecular formula is C19H24ClN5S. The first-order chi connectivity index (χ1) is 12.4. The van der Waals surface area contributed by atoms with E-state index in [1.54, 1.807) is 11.2 Å². The lowest BCUT2D eigenvalue weighted by Crippen LogP contribution is -2.30. The Morgan fingerprint density at radius 2 is 2.08 bits per heavy atom. The summed E-state index contributed by atoms with van der Waals surface area (Å²) < 4.78 is 0. The first kappa shape index (κ1) is 20.2. The molecule has 0 atom stereocenters. The highest BCUT2D eigenvalue weighted by atomic mass is 35.5. The molecular weight excluding hydrogens is 366 g/mol. The molecule has 0 unspecified atom stereocenters. The van der Waals surface area contributed by atoms with Gasteiger partial charge in [0.15, 0.2) is 0 Å². The highest BCUT2D eigenvalue weighted by Crippen LogP contribution is 2.22. The molecule has 1 heterocycles. The van der Waals surface area contributed by atoms with Crippen LogP contribution in [0.2, 0.25) is 5.02 Å². The average Bonchev–Trinajstić information content (AvgIpc) is 2.86. The summed E-state index contributed by atoms with van der Waals surface area (Å²) >= 11 is 11.4. The molecule has 1 aliphatic heterocycles. The fourth-order valence-corrected chi connectivity index (χ4v) is 3.28. The van der Waals surface area contributed by atoms with Gasteiger partial charge in [0.25, 0.3) is 0 Å².